The van der Waals surface area contributed by atoms with Crippen LogP contribution in [0.2, 0.25) is 10.0 Å². The molecule has 0 aliphatic rings. The van der Waals surface area contributed by atoms with E-state index in [-0.39, 0.29) is 5.91 Å². The summed E-state index contributed by atoms with van der Waals surface area (Å²) in [5, 5.41) is 15.1. The zero-order valence-electron chi connectivity index (χ0n) is 15.5. The van der Waals surface area contributed by atoms with E-state index < -0.39 is 0 Å². The van der Waals surface area contributed by atoms with Crippen LogP contribution in [-0.4, -0.2) is 25.9 Å². The van der Waals surface area contributed by atoms with E-state index in [2.05, 4.69) is 20.6 Å². The highest BCUT2D eigenvalue weighted by Gasteiger charge is 2.13. The number of hydrogen-bond acceptors (Lipinski definition) is 3. The largest absolute Gasteiger partial charge is 0.304 e. The normalized spacial score (nSPS) is 10.9. The van der Waals surface area contributed by atoms with Gasteiger partial charge in [-0.25, -0.2) is 0 Å². The number of anilines is 1. The number of aromatic amines is 1. The van der Waals surface area contributed by atoms with Crippen LogP contribution < -0.4 is 5.32 Å². The molecule has 0 unspecified atom stereocenters. The molecule has 6 nitrogen and oxygen atoms in total. The Morgan fingerprint density at radius 2 is 1.86 bits per heavy atom. The predicted molar refractivity (Wildman–Crippen MR) is 115 cm³/mol. The van der Waals surface area contributed by atoms with E-state index >= 15 is 0 Å². The van der Waals surface area contributed by atoms with Crippen LogP contribution in [0.5, 0.6) is 0 Å². The van der Waals surface area contributed by atoms with Crippen molar-refractivity contribution in [2.75, 3.05) is 5.32 Å². The van der Waals surface area contributed by atoms with Crippen LogP contribution in [-0.2, 0) is 6.54 Å². The maximum Gasteiger partial charge on any atom is 0.274 e. The summed E-state index contributed by atoms with van der Waals surface area (Å²) in [6.07, 6.45) is 1.78. The summed E-state index contributed by atoms with van der Waals surface area (Å²) in [7, 11) is 0. The molecule has 2 N–H and O–H groups in total. The summed E-state index contributed by atoms with van der Waals surface area (Å²) < 4.78 is 1.71. The Labute approximate surface area is 177 Å². The van der Waals surface area contributed by atoms with Gasteiger partial charge in [-0.2, -0.15) is 10.2 Å². The van der Waals surface area contributed by atoms with Gasteiger partial charge in [0.1, 0.15) is 5.69 Å². The quantitative estimate of drug-likeness (QED) is 0.461. The van der Waals surface area contributed by atoms with Gasteiger partial charge in [0.2, 0.25) is 0 Å². The van der Waals surface area contributed by atoms with Crippen molar-refractivity contribution in [1.29, 1.82) is 0 Å². The Balaban J connectivity index is 1.42. The molecule has 2 heterocycles. The highest BCUT2D eigenvalue weighted by atomic mass is 35.5. The fraction of sp³-hybridized carbons (Fsp3) is 0.0952. The van der Waals surface area contributed by atoms with Gasteiger partial charge in [0.15, 0.2) is 5.82 Å². The number of H-pyrrole nitrogens is 1. The van der Waals surface area contributed by atoms with Gasteiger partial charge >= 0.3 is 0 Å². The minimum atomic E-state index is -0.310. The number of hydrogen-bond donors (Lipinski definition) is 2. The molecule has 8 heteroatoms. The van der Waals surface area contributed by atoms with Crippen LogP contribution in [0, 0.1) is 6.92 Å². The molecule has 2 aromatic heterocycles. The first-order valence-corrected chi connectivity index (χ1v) is 9.65. The van der Waals surface area contributed by atoms with Crippen molar-refractivity contribution in [3.63, 3.8) is 0 Å². The van der Waals surface area contributed by atoms with E-state index in [1.807, 2.05) is 37.3 Å². The van der Waals surface area contributed by atoms with Gasteiger partial charge < -0.3 is 5.32 Å². The van der Waals surface area contributed by atoms with Crippen molar-refractivity contribution < 1.29 is 4.79 Å². The third-order valence-electron chi connectivity index (χ3n) is 4.38. The first-order valence-electron chi connectivity index (χ1n) is 8.89. The van der Waals surface area contributed by atoms with Gasteiger partial charge in [-0.05, 0) is 30.7 Å². The first kappa shape index (κ1) is 19.2. The maximum atomic E-state index is 12.5. The van der Waals surface area contributed by atoms with Crippen LogP contribution in [0.1, 0.15) is 21.6 Å². The topological polar surface area (TPSA) is 75.6 Å². The van der Waals surface area contributed by atoms with Crippen LogP contribution in [0.4, 0.5) is 5.82 Å². The first-order chi connectivity index (χ1) is 14.0. The van der Waals surface area contributed by atoms with E-state index in [1.165, 1.54) is 5.56 Å². The Bertz CT molecular complexity index is 1160. The number of carbonyl (C=O) groups is 1. The highest BCUT2D eigenvalue weighted by Crippen LogP contribution is 2.23. The number of rotatable bonds is 5. The molecule has 1 amide bonds. The second kappa shape index (κ2) is 8.11. The van der Waals surface area contributed by atoms with Crippen molar-refractivity contribution in [3.8, 4) is 11.3 Å². The summed E-state index contributed by atoms with van der Waals surface area (Å²) in [4.78, 5) is 12.5. The molecule has 146 valence electrons. The lowest BCUT2D eigenvalue weighted by Gasteiger charge is -2.04. The van der Waals surface area contributed by atoms with Crippen molar-refractivity contribution in [1.82, 2.24) is 20.0 Å². The highest BCUT2D eigenvalue weighted by molar-refractivity contribution is 6.42. The summed E-state index contributed by atoms with van der Waals surface area (Å²) in [5.41, 5.74) is 4.13. The molecule has 0 bridgehead atoms. The minimum absolute atomic E-state index is 0.310. The van der Waals surface area contributed by atoms with Gasteiger partial charge in [0, 0.05) is 17.8 Å². The van der Waals surface area contributed by atoms with Gasteiger partial charge in [0.05, 0.1) is 22.3 Å². The lowest BCUT2D eigenvalue weighted by atomic mass is 10.1. The number of benzene rings is 2. The van der Waals surface area contributed by atoms with Gasteiger partial charge in [-0.15, -0.1) is 0 Å². The summed E-state index contributed by atoms with van der Waals surface area (Å²) >= 11 is 12.0. The molecule has 0 saturated carbocycles. The zero-order chi connectivity index (χ0) is 20.4. The number of amides is 1. The van der Waals surface area contributed by atoms with Crippen molar-refractivity contribution >= 4 is 34.9 Å². The summed E-state index contributed by atoms with van der Waals surface area (Å²) in [6, 6.07) is 16.8. The summed E-state index contributed by atoms with van der Waals surface area (Å²) in [6.45, 7) is 2.53. The second-order valence-electron chi connectivity index (χ2n) is 6.63. The molecule has 0 aliphatic heterocycles. The Morgan fingerprint density at radius 3 is 2.62 bits per heavy atom. The lowest BCUT2D eigenvalue weighted by Crippen LogP contribution is -2.13. The van der Waals surface area contributed by atoms with E-state index in [0.29, 0.717) is 33.8 Å². The molecule has 0 atom stereocenters. The van der Waals surface area contributed by atoms with E-state index in [1.54, 1.807) is 35.1 Å². The third kappa shape index (κ3) is 4.50. The standard InChI is InChI=1S/C21H17Cl2N5O/c1-13-2-5-15(6-3-13)18-11-19(26-25-18)21(29)24-20-8-9-28(27-20)12-14-4-7-16(22)17(23)10-14/h2-11H,12H2,1H3,(H,25,26)(H,24,27,29). The fourth-order valence-corrected chi connectivity index (χ4v) is 3.16. The molecule has 0 spiro atoms. The van der Waals surface area contributed by atoms with E-state index in [4.69, 9.17) is 23.2 Å². The summed E-state index contributed by atoms with van der Waals surface area (Å²) in [5.74, 6) is 0.136. The number of nitrogens with zero attached hydrogens (tertiary/aromatic N) is 3. The smallest absolute Gasteiger partial charge is 0.274 e. The minimum Gasteiger partial charge on any atom is -0.304 e. The zero-order valence-corrected chi connectivity index (χ0v) is 17.0. The number of carbonyl (C=O) groups excluding carboxylic acids is 1. The van der Waals surface area contributed by atoms with Gasteiger partial charge in [0.25, 0.3) is 5.91 Å². The predicted octanol–water partition coefficient (Wildman–Crippen LogP) is 5.19. The van der Waals surface area contributed by atoms with Crippen LogP contribution in [0.3, 0.4) is 0 Å². The fourth-order valence-electron chi connectivity index (χ4n) is 2.84. The molecule has 2 aromatic carbocycles. The van der Waals surface area contributed by atoms with Crippen molar-refractivity contribution in [3.05, 3.63) is 87.7 Å². The van der Waals surface area contributed by atoms with Gasteiger partial charge in [-0.3, -0.25) is 14.6 Å². The Kier molecular flexibility index (Phi) is 5.38. The molecular weight excluding hydrogens is 409 g/mol. The maximum absolute atomic E-state index is 12.5. The number of halogens is 2. The molecule has 4 rings (SSSR count). The monoisotopic (exact) mass is 425 g/mol. The Hall–Kier alpha value is -3.09. The molecule has 0 radical (unpaired) electrons. The second-order valence-corrected chi connectivity index (χ2v) is 7.45. The van der Waals surface area contributed by atoms with Crippen LogP contribution in [0.25, 0.3) is 11.3 Å². The third-order valence-corrected chi connectivity index (χ3v) is 5.12. The average Bonchev–Trinajstić information content (AvgIpc) is 3.35. The molecule has 29 heavy (non-hydrogen) atoms. The van der Waals surface area contributed by atoms with E-state index in [9.17, 15) is 4.79 Å². The van der Waals surface area contributed by atoms with E-state index in [0.717, 1.165) is 11.1 Å². The molecule has 4 aromatic rings. The molecule has 0 aliphatic carbocycles. The lowest BCUT2D eigenvalue weighted by molar-refractivity contribution is 0.102. The number of aromatic nitrogens is 4. The molecular formula is C21H17Cl2N5O. The van der Waals surface area contributed by atoms with Crippen LogP contribution in [0.15, 0.2) is 60.8 Å². The van der Waals surface area contributed by atoms with Crippen molar-refractivity contribution in [2.24, 2.45) is 0 Å². The number of nitrogens with one attached hydrogen (secondary N) is 2. The molecule has 0 fully saturated rings. The molecule has 0 saturated heterocycles. The SMILES string of the molecule is Cc1ccc(-c2cc(C(=O)Nc3ccn(Cc4ccc(Cl)c(Cl)c4)n3)[nH]n2)cc1. The van der Waals surface area contributed by atoms with Crippen LogP contribution >= 0.6 is 23.2 Å². The number of aryl methyl sites for hydroxylation is 1. The average molecular weight is 426 g/mol. The van der Waals surface area contributed by atoms with Gasteiger partial charge in [-0.1, -0.05) is 59.1 Å². The Morgan fingerprint density at radius 1 is 1.07 bits per heavy atom. The van der Waals surface area contributed by atoms with Crippen molar-refractivity contribution in [2.45, 2.75) is 13.5 Å².